The third-order valence-electron chi connectivity index (χ3n) is 5.24. The van der Waals surface area contributed by atoms with Crippen LogP contribution in [-0.2, 0) is 6.54 Å². The number of amides is 2. The van der Waals surface area contributed by atoms with Crippen LogP contribution in [-0.4, -0.2) is 26.0 Å². The van der Waals surface area contributed by atoms with E-state index in [-0.39, 0.29) is 0 Å². The van der Waals surface area contributed by atoms with E-state index in [1.807, 2.05) is 48.5 Å². The summed E-state index contributed by atoms with van der Waals surface area (Å²) in [5.41, 5.74) is 9.69. The number of pyridine rings is 2. The molecule has 0 aliphatic heterocycles. The van der Waals surface area contributed by atoms with Crippen LogP contribution in [0.2, 0.25) is 0 Å². The highest BCUT2D eigenvalue weighted by molar-refractivity contribution is 6.02. The molecule has 0 aliphatic rings. The van der Waals surface area contributed by atoms with Gasteiger partial charge < -0.3 is 11.1 Å². The van der Waals surface area contributed by atoms with Crippen LogP contribution in [0.15, 0.2) is 91.3 Å². The fraction of sp³-hybridized carbons (Fsp3) is 0.0385. The second kappa shape index (κ2) is 9.33. The van der Waals surface area contributed by atoms with Crippen molar-refractivity contribution < 1.29 is 4.79 Å². The van der Waals surface area contributed by atoms with E-state index in [9.17, 15) is 4.79 Å². The zero-order valence-electron chi connectivity index (χ0n) is 18.1. The van der Waals surface area contributed by atoms with Crippen molar-refractivity contribution in [3.63, 3.8) is 0 Å². The Morgan fingerprint density at radius 2 is 1.68 bits per heavy atom. The Labute approximate surface area is 195 Å². The summed E-state index contributed by atoms with van der Waals surface area (Å²) in [6, 6.07) is 24.8. The summed E-state index contributed by atoms with van der Waals surface area (Å²) in [6.45, 7) is 0.509. The largest absolute Gasteiger partial charge is 0.364 e. The molecule has 0 unspecified atom stereocenters. The number of benzene rings is 2. The van der Waals surface area contributed by atoms with Crippen molar-refractivity contribution in [2.75, 3.05) is 10.6 Å². The van der Waals surface area contributed by atoms with Gasteiger partial charge in [-0.15, -0.1) is 0 Å². The van der Waals surface area contributed by atoms with E-state index in [1.165, 1.54) is 0 Å². The molecule has 0 saturated carbocycles. The van der Waals surface area contributed by atoms with E-state index in [4.69, 9.17) is 15.7 Å². The molecule has 0 fully saturated rings. The Morgan fingerprint density at radius 1 is 0.824 bits per heavy atom. The summed E-state index contributed by atoms with van der Waals surface area (Å²) >= 11 is 0. The molecule has 3 heterocycles. The minimum Gasteiger partial charge on any atom is -0.364 e. The average Bonchev–Trinajstić information content (AvgIpc) is 2.88. The van der Waals surface area contributed by atoms with E-state index in [0.717, 1.165) is 27.7 Å². The molecular weight excluding hydrogens is 426 g/mol. The molecule has 4 N–H and O–H groups in total. The van der Waals surface area contributed by atoms with Crippen LogP contribution >= 0.6 is 0 Å². The van der Waals surface area contributed by atoms with Gasteiger partial charge in [-0.25, -0.2) is 19.7 Å². The molecule has 5 aromatic rings. The van der Waals surface area contributed by atoms with E-state index in [0.29, 0.717) is 29.6 Å². The van der Waals surface area contributed by atoms with Gasteiger partial charge in [-0.3, -0.25) is 10.3 Å². The number of carbonyl (C=O) groups is 1. The second-order valence-electron chi connectivity index (χ2n) is 7.56. The fourth-order valence-electron chi connectivity index (χ4n) is 3.70. The predicted octanol–water partition coefficient (Wildman–Crippen LogP) is 4.86. The third kappa shape index (κ3) is 4.51. The van der Waals surface area contributed by atoms with Gasteiger partial charge in [-0.05, 0) is 41.5 Å². The maximum atomic E-state index is 11.1. The number of fused-ring (bicyclic) bond motifs is 1. The van der Waals surface area contributed by atoms with Crippen molar-refractivity contribution >= 4 is 28.6 Å². The van der Waals surface area contributed by atoms with Crippen LogP contribution < -0.4 is 16.4 Å². The lowest BCUT2D eigenvalue weighted by Gasteiger charge is -2.14. The smallest absolute Gasteiger partial charge is 0.317 e. The van der Waals surface area contributed by atoms with Gasteiger partial charge in [0.15, 0.2) is 5.82 Å². The van der Waals surface area contributed by atoms with Gasteiger partial charge >= 0.3 is 6.03 Å². The number of aromatic nitrogens is 4. The summed E-state index contributed by atoms with van der Waals surface area (Å²) in [4.78, 5) is 29.4. The Morgan fingerprint density at radius 3 is 2.41 bits per heavy atom. The van der Waals surface area contributed by atoms with Gasteiger partial charge in [0.05, 0.1) is 23.1 Å². The zero-order chi connectivity index (χ0) is 23.3. The number of nitrogens with one attached hydrogen (secondary N) is 2. The first kappa shape index (κ1) is 21.0. The average molecular weight is 448 g/mol. The van der Waals surface area contributed by atoms with Crippen LogP contribution in [0.3, 0.4) is 0 Å². The number of urea groups is 1. The highest BCUT2D eigenvalue weighted by atomic mass is 16.2. The van der Waals surface area contributed by atoms with Crippen molar-refractivity contribution in [2.45, 2.75) is 6.54 Å². The number of hydrogen-bond donors (Lipinski definition) is 3. The van der Waals surface area contributed by atoms with Gasteiger partial charge in [0, 0.05) is 18.0 Å². The molecule has 0 spiro atoms. The SMILES string of the molecule is NC(=O)Nc1ccc(-c2nc(NCc3ccccn3)c3c(-c4ccccc4)cccc3n2)cn1. The number of nitrogens with zero attached hydrogens (tertiary/aromatic N) is 4. The molecular formula is C26H21N7O. The molecule has 0 saturated heterocycles. The summed E-state index contributed by atoms with van der Waals surface area (Å²) in [5.74, 6) is 1.57. The maximum absolute atomic E-state index is 11.1. The molecule has 0 atom stereocenters. The molecule has 5 rings (SSSR count). The van der Waals surface area contributed by atoms with Gasteiger partial charge in [0.25, 0.3) is 0 Å². The van der Waals surface area contributed by atoms with Crippen molar-refractivity contribution in [3.05, 3.63) is 97.0 Å². The monoisotopic (exact) mass is 447 g/mol. The number of primary amides is 1. The molecule has 2 amide bonds. The predicted molar refractivity (Wildman–Crippen MR) is 133 cm³/mol. The minimum atomic E-state index is -0.670. The van der Waals surface area contributed by atoms with E-state index < -0.39 is 6.03 Å². The lowest BCUT2D eigenvalue weighted by molar-refractivity contribution is 0.259. The molecule has 0 aliphatic carbocycles. The van der Waals surface area contributed by atoms with Crippen molar-refractivity contribution in [1.29, 1.82) is 0 Å². The molecule has 8 nitrogen and oxygen atoms in total. The number of rotatable bonds is 6. The highest BCUT2D eigenvalue weighted by Gasteiger charge is 2.15. The highest BCUT2D eigenvalue weighted by Crippen LogP contribution is 2.34. The van der Waals surface area contributed by atoms with Crippen LogP contribution in [0.25, 0.3) is 33.4 Å². The van der Waals surface area contributed by atoms with Gasteiger partial charge in [0.2, 0.25) is 0 Å². The summed E-state index contributed by atoms with van der Waals surface area (Å²) < 4.78 is 0. The summed E-state index contributed by atoms with van der Waals surface area (Å²) in [5, 5.41) is 6.83. The van der Waals surface area contributed by atoms with Crippen LogP contribution in [0.4, 0.5) is 16.4 Å². The molecule has 34 heavy (non-hydrogen) atoms. The number of carbonyl (C=O) groups excluding carboxylic acids is 1. The minimum absolute atomic E-state index is 0.358. The lowest BCUT2D eigenvalue weighted by Crippen LogP contribution is -2.19. The Balaban J connectivity index is 1.62. The Bertz CT molecular complexity index is 1440. The number of nitrogens with two attached hydrogens (primary N) is 1. The first-order valence-corrected chi connectivity index (χ1v) is 10.7. The molecule has 8 heteroatoms. The van der Waals surface area contributed by atoms with E-state index in [2.05, 4.69) is 38.8 Å². The van der Waals surface area contributed by atoms with E-state index >= 15 is 0 Å². The third-order valence-corrected chi connectivity index (χ3v) is 5.24. The second-order valence-corrected chi connectivity index (χ2v) is 7.56. The molecule has 166 valence electrons. The molecule has 3 aromatic heterocycles. The van der Waals surface area contributed by atoms with Crippen molar-refractivity contribution in [3.8, 4) is 22.5 Å². The lowest BCUT2D eigenvalue weighted by atomic mass is 10.0. The fourth-order valence-corrected chi connectivity index (χ4v) is 3.70. The van der Waals surface area contributed by atoms with Crippen LogP contribution in [0, 0.1) is 0 Å². The molecule has 0 radical (unpaired) electrons. The first-order valence-electron chi connectivity index (χ1n) is 10.7. The number of anilines is 2. The summed E-state index contributed by atoms with van der Waals surface area (Å²) in [7, 11) is 0. The van der Waals surface area contributed by atoms with E-state index in [1.54, 1.807) is 24.5 Å². The standard InChI is InChI=1S/C26H21N7O/c27-26(34)32-22-13-12-18(15-29-22)24-31-21-11-6-10-20(17-7-2-1-3-8-17)23(21)25(33-24)30-16-19-9-4-5-14-28-19/h1-15H,16H2,(H,30,31,33)(H3,27,29,32,34). The zero-order valence-corrected chi connectivity index (χ0v) is 18.1. The van der Waals surface area contributed by atoms with Crippen molar-refractivity contribution in [1.82, 2.24) is 19.9 Å². The molecule has 0 bridgehead atoms. The topological polar surface area (TPSA) is 119 Å². The molecule has 2 aromatic carbocycles. The van der Waals surface area contributed by atoms with Gasteiger partial charge in [-0.1, -0.05) is 48.5 Å². The summed E-state index contributed by atoms with van der Waals surface area (Å²) in [6.07, 6.45) is 3.37. The maximum Gasteiger partial charge on any atom is 0.317 e. The Kier molecular flexibility index (Phi) is 5.77. The van der Waals surface area contributed by atoms with Crippen LogP contribution in [0.1, 0.15) is 5.69 Å². The van der Waals surface area contributed by atoms with Crippen molar-refractivity contribution in [2.24, 2.45) is 5.73 Å². The number of hydrogen-bond acceptors (Lipinski definition) is 6. The van der Waals surface area contributed by atoms with Gasteiger partial charge in [0.1, 0.15) is 11.6 Å². The quantitative estimate of drug-likeness (QED) is 0.342. The van der Waals surface area contributed by atoms with Gasteiger partial charge in [-0.2, -0.15) is 0 Å². The van der Waals surface area contributed by atoms with Crippen LogP contribution in [0.5, 0.6) is 0 Å². The Hall–Kier alpha value is -4.85. The normalized spacial score (nSPS) is 10.7. The first-order chi connectivity index (χ1) is 16.7.